The van der Waals surface area contributed by atoms with Crippen LogP contribution in [-0.4, -0.2) is 0 Å². The Hall–Kier alpha value is -4.30. The molecular formula is C42H46N2. The third-order valence-electron chi connectivity index (χ3n) is 9.67. The van der Waals surface area contributed by atoms with E-state index >= 15 is 0 Å². The van der Waals surface area contributed by atoms with Gasteiger partial charge in [-0.1, -0.05) is 139 Å². The molecule has 0 unspecified atom stereocenters. The summed E-state index contributed by atoms with van der Waals surface area (Å²) in [6, 6.07) is 39.6. The summed E-state index contributed by atoms with van der Waals surface area (Å²) in [5.41, 5.74) is 21.0. The minimum Gasteiger partial charge on any atom is -0.397 e. The van der Waals surface area contributed by atoms with Gasteiger partial charge >= 0.3 is 0 Å². The van der Waals surface area contributed by atoms with Crippen molar-refractivity contribution in [1.29, 1.82) is 0 Å². The van der Waals surface area contributed by atoms with Gasteiger partial charge in [-0.3, -0.25) is 0 Å². The van der Waals surface area contributed by atoms with Crippen LogP contribution in [0.4, 0.5) is 17.1 Å². The molecule has 5 aromatic carbocycles. The van der Waals surface area contributed by atoms with Crippen molar-refractivity contribution < 1.29 is 0 Å². The van der Waals surface area contributed by atoms with Crippen LogP contribution < -0.4 is 11.1 Å². The molecule has 0 spiro atoms. The lowest BCUT2D eigenvalue weighted by atomic mass is 9.63. The molecule has 0 heterocycles. The summed E-state index contributed by atoms with van der Waals surface area (Å²) in [5.74, 6) is 0. The SMILES string of the molecule is CC(C)(C)c1cc(-c2ccccc2)cc(-c2cccc(-c3ccc4c(c3)C(C)(C)CCC4(C)C)c2Nc2ccccc2N)c1. The first-order valence-electron chi connectivity index (χ1n) is 15.9. The maximum absolute atomic E-state index is 6.52. The van der Waals surface area contributed by atoms with E-state index in [2.05, 4.69) is 145 Å². The van der Waals surface area contributed by atoms with E-state index in [1.807, 2.05) is 18.2 Å². The molecule has 0 bridgehead atoms. The monoisotopic (exact) mass is 578 g/mol. The molecule has 2 heteroatoms. The number of hydrogen-bond acceptors (Lipinski definition) is 2. The number of anilines is 3. The quantitative estimate of drug-likeness (QED) is 0.204. The predicted molar refractivity (Wildman–Crippen MR) is 191 cm³/mol. The van der Waals surface area contributed by atoms with E-state index in [-0.39, 0.29) is 16.2 Å². The molecule has 0 saturated carbocycles. The Kier molecular flexibility index (Phi) is 7.44. The van der Waals surface area contributed by atoms with Gasteiger partial charge in [0.05, 0.1) is 17.1 Å². The van der Waals surface area contributed by atoms with Crippen molar-refractivity contribution in [2.45, 2.75) is 77.6 Å². The normalized spacial score (nSPS) is 15.4. The first kappa shape index (κ1) is 29.8. The molecule has 44 heavy (non-hydrogen) atoms. The van der Waals surface area contributed by atoms with Gasteiger partial charge in [-0.2, -0.15) is 0 Å². The minimum atomic E-state index is -0.00845. The number of hydrogen-bond donors (Lipinski definition) is 2. The predicted octanol–water partition coefficient (Wildman–Crippen LogP) is 11.7. The molecule has 0 amide bonds. The fourth-order valence-electron chi connectivity index (χ4n) is 6.68. The van der Waals surface area contributed by atoms with E-state index in [4.69, 9.17) is 5.73 Å². The smallest absolute Gasteiger partial charge is 0.0618 e. The molecule has 0 aliphatic heterocycles. The van der Waals surface area contributed by atoms with Gasteiger partial charge in [-0.05, 0) is 86.2 Å². The number of nitrogens with one attached hydrogen (secondary N) is 1. The second-order valence-corrected chi connectivity index (χ2v) is 14.9. The van der Waals surface area contributed by atoms with E-state index in [1.165, 1.54) is 57.3 Å². The van der Waals surface area contributed by atoms with Crippen LogP contribution >= 0.6 is 0 Å². The van der Waals surface area contributed by atoms with E-state index in [0.29, 0.717) is 0 Å². The van der Waals surface area contributed by atoms with Crippen LogP contribution in [0.3, 0.4) is 0 Å². The van der Waals surface area contributed by atoms with Gasteiger partial charge in [0.1, 0.15) is 0 Å². The van der Waals surface area contributed by atoms with Gasteiger partial charge in [0.15, 0.2) is 0 Å². The lowest BCUT2D eigenvalue weighted by Crippen LogP contribution is -2.33. The van der Waals surface area contributed by atoms with Crippen molar-refractivity contribution in [3.8, 4) is 33.4 Å². The van der Waals surface area contributed by atoms with Crippen LogP contribution in [0.2, 0.25) is 0 Å². The highest BCUT2D eigenvalue weighted by molar-refractivity contribution is 5.95. The first-order valence-corrected chi connectivity index (χ1v) is 15.9. The molecule has 6 rings (SSSR count). The topological polar surface area (TPSA) is 38.0 Å². The molecule has 1 aliphatic carbocycles. The Morgan fingerprint density at radius 1 is 0.568 bits per heavy atom. The van der Waals surface area contributed by atoms with Gasteiger partial charge < -0.3 is 11.1 Å². The van der Waals surface area contributed by atoms with Crippen LogP contribution in [0, 0.1) is 0 Å². The molecule has 224 valence electrons. The van der Waals surface area contributed by atoms with Crippen molar-refractivity contribution in [2.75, 3.05) is 11.1 Å². The number of fused-ring (bicyclic) bond motifs is 1. The maximum Gasteiger partial charge on any atom is 0.0618 e. The third kappa shape index (κ3) is 5.66. The summed E-state index contributed by atoms with van der Waals surface area (Å²) in [6.07, 6.45) is 2.39. The van der Waals surface area contributed by atoms with Crippen molar-refractivity contribution in [1.82, 2.24) is 0 Å². The van der Waals surface area contributed by atoms with Crippen molar-refractivity contribution in [3.05, 3.63) is 126 Å². The first-order chi connectivity index (χ1) is 20.8. The molecule has 3 N–H and O–H groups in total. The van der Waals surface area contributed by atoms with Crippen LogP contribution in [-0.2, 0) is 16.2 Å². The standard InChI is InChI=1S/C42H46N2/c1-40(2,3)32-25-30(28-14-9-8-10-15-28)24-31(26-32)34-17-13-16-33(39(34)44-38-19-12-11-18-37(38)43)29-20-21-35-36(27-29)42(6,7)23-22-41(35,4)5/h8-21,24-27,44H,22-23,43H2,1-7H3. The van der Waals surface area contributed by atoms with Crippen LogP contribution in [0.5, 0.6) is 0 Å². The number of benzene rings is 5. The molecule has 0 aromatic heterocycles. The molecule has 0 fully saturated rings. The average molecular weight is 579 g/mol. The Balaban J connectivity index is 1.60. The molecule has 0 radical (unpaired) electrons. The highest BCUT2D eigenvalue weighted by Crippen LogP contribution is 2.48. The molecule has 1 aliphatic rings. The van der Waals surface area contributed by atoms with Gasteiger partial charge in [0, 0.05) is 11.1 Å². The van der Waals surface area contributed by atoms with Crippen LogP contribution in [0.15, 0.2) is 109 Å². The Morgan fingerprint density at radius 2 is 1.18 bits per heavy atom. The van der Waals surface area contributed by atoms with Crippen LogP contribution in [0.25, 0.3) is 33.4 Å². The second kappa shape index (κ2) is 11.0. The molecule has 2 nitrogen and oxygen atoms in total. The summed E-state index contributed by atoms with van der Waals surface area (Å²) in [4.78, 5) is 0. The Bertz CT molecular complexity index is 1820. The summed E-state index contributed by atoms with van der Waals surface area (Å²) < 4.78 is 0. The minimum absolute atomic E-state index is 0.00845. The van der Waals surface area contributed by atoms with E-state index in [1.54, 1.807) is 0 Å². The number of rotatable bonds is 5. The summed E-state index contributed by atoms with van der Waals surface area (Å²) >= 11 is 0. The Morgan fingerprint density at radius 3 is 1.86 bits per heavy atom. The zero-order chi connectivity index (χ0) is 31.3. The summed E-state index contributed by atoms with van der Waals surface area (Å²) in [5, 5.41) is 3.82. The van der Waals surface area contributed by atoms with E-state index in [0.717, 1.165) is 22.6 Å². The largest absolute Gasteiger partial charge is 0.397 e. The van der Waals surface area contributed by atoms with Crippen molar-refractivity contribution in [2.24, 2.45) is 0 Å². The molecule has 0 saturated heterocycles. The third-order valence-corrected chi connectivity index (χ3v) is 9.67. The lowest BCUT2D eigenvalue weighted by Gasteiger charge is -2.42. The number of para-hydroxylation sites is 3. The zero-order valence-corrected chi connectivity index (χ0v) is 27.4. The molecule has 0 atom stereocenters. The second-order valence-electron chi connectivity index (χ2n) is 14.9. The molecule has 5 aromatic rings. The van der Waals surface area contributed by atoms with E-state index in [9.17, 15) is 0 Å². The average Bonchev–Trinajstić information content (AvgIpc) is 3.00. The van der Waals surface area contributed by atoms with Gasteiger partial charge in [-0.25, -0.2) is 0 Å². The fourth-order valence-corrected chi connectivity index (χ4v) is 6.68. The van der Waals surface area contributed by atoms with Gasteiger partial charge in [-0.15, -0.1) is 0 Å². The van der Waals surface area contributed by atoms with Crippen molar-refractivity contribution in [3.63, 3.8) is 0 Å². The highest BCUT2D eigenvalue weighted by atomic mass is 14.9. The fraction of sp³-hybridized carbons (Fsp3) is 0.286. The summed E-state index contributed by atoms with van der Waals surface area (Å²) in [7, 11) is 0. The van der Waals surface area contributed by atoms with Gasteiger partial charge in [0.25, 0.3) is 0 Å². The highest BCUT2D eigenvalue weighted by Gasteiger charge is 2.37. The van der Waals surface area contributed by atoms with E-state index < -0.39 is 0 Å². The molecular weight excluding hydrogens is 532 g/mol. The van der Waals surface area contributed by atoms with Gasteiger partial charge in [0.2, 0.25) is 0 Å². The summed E-state index contributed by atoms with van der Waals surface area (Å²) in [6.45, 7) is 16.4. The number of nitrogens with two attached hydrogens (primary N) is 1. The zero-order valence-electron chi connectivity index (χ0n) is 27.4. The Labute approximate surface area is 264 Å². The maximum atomic E-state index is 6.52. The lowest BCUT2D eigenvalue weighted by molar-refractivity contribution is 0.332. The van der Waals surface area contributed by atoms with Crippen LogP contribution in [0.1, 0.15) is 78.0 Å². The number of nitrogen functional groups attached to an aromatic ring is 1. The van der Waals surface area contributed by atoms with Crippen molar-refractivity contribution >= 4 is 17.1 Å².